The van der Waals surface area contributed by atoms with Crippen LogP contribution in [0.15, 0.2) is 24.3 Å². The average Bonchev–Trinajstić information content (AvgIpc) is 2.31. The second-order valence-corrected chi connectivity index (χ2v) is 5.24. The van der Waals surface area contributed by atoms with Crippen LogP contribution in [0.2, 0.25) is 0 Å². The van der Waals surface area contributed by atoms with Gasteiger partial charge in [-0.15, -0.1) is 0 Å². The second-order valence-electron chi connectivity index (χ2n) is 5.24. The number of hydrogen-bond acceptors (Lipinski definition) is 1. The molecule has 1 fully saturated rings. The van der Waals surface area contributed by atoms with Crippen LogP contribution in [0.3, 0.4) is 0 Å². The second kappa shape index (κ2) is 6.20. The third-order valence-electron chi connectivity index (χ3n) is 4.02. The summed E-state index contributed by atoms with van der Waals surface area (Å²) in [5, 5.41) is 3.48. The number of rotatable bonds is 6. The van der Waals surface area contributed by atoms with Crippen molar-refractivity contribution in [2.24, 2.45) is 5.92 Å². The smallest absolute Gasteiger partial charge is 0.00148 e. The highest BCUT2D eigenvalue weighted by Gasteiger charge is 2.31. The lowest BCUT2D eigenvalue weighted by Gasteiger charge is -2.37. The van der Waals surface area contributed by atoms with Gasteiger partial charge in [0.25, 0.3) is 0 Å². The van der Waals surface area contributed by atoms with Crippen LogP contribution in [0.25, 0.3) is 0 Å². The molecule has 1 aliphatic rings. The fourth-order valence-electron chi connectivity index (χ4n) is 2.80. The summed E-state index contributed by atoms with van der Waals surface area (Å²) in [6.07, 6.45) is 5.23. The minimum atomic E-state index is 0.810. The maximum atomic E-state index is 3.48. The number of aryl methyl sites for hydroxylation is 1. The van der Waals surface area contributed by atoms with Crippen molar-refractivity contribution in [3.8, 4) is 0 Å². The minimum absolute atomic E-state index is 0.810. The van der Waals surface area contributed by atoms with Gasteiger partial charge in [0.05, 0.1) is 0 Å². The van der Waals surface area contributed by atoms with E-state index in [4.69, 9.17) is 0 Å². The largest absolute Gasteiger partial charge is 0.317 e. The maximum Gasteiger partial charge on any atom is -0.00148 e. The van der Waals surface area contributed by atoms with Crippen molar-refractivity contribution < 1.29 is 0 Å². The normalized spacial score (nSPS) is 23.4. The lowest BCUT2D eigenvalue weighted by Crippen LogP contribution is -2.33. The Labute approximate surface area is 106 Å². The van der Waals surface area contributed by atoms with Crippen molar-refractivity contribution in [3.63, 3.8) is 0 Å². The summed E-state index contributed by atoms with van der Waals surface area (Å²) in [4.78, 5) is 0. The zero-order valence-corrected chi connectivity index (χ0v) is 11.2. The van der Waals surface area contributed by atoms with Gasteiger partial charge in [-0.1, -0.05) is 44.5 Å². The molecule has 0 amide bonds. The molecule has 2 unspecified atom stereocenters. The summed E-state index contributed by atoms with van der Waals surface area (Å²) in [6, 6.07) is 9.35. The van der Waals surface area contributed by atoms with Crippen LogP contribution in [0.4, 0.5) is 0 Å². The maximum absolute atomic E-state index is 3.48. The first-order valence-electron chi connectivity index (χ1n) is 7.14. The summed E-state index contributed by atoms with van der Waals surface area (Å²) in [7, 11) is 0. The zero-order valence-electron chi connectivity index (χ0n) is 11.2. The molecule has 94 valence electrons. The van der Waals surface area contributed by atoms with Gasteiger partial charge in [-0.2, -0.15) is 0 Å². The highest BCUT2D eigenvalue weighted by Crippen LogP contribution is 2.42. The van der Waals surface area contributed by atoms with Crippen molar-refractivity contribution in [1.82, 2.24) is 5.32 Å². The van der Waals surface area contributed by atoms with E-state index in [9.17, 15) is 0 Å². The monoisotopic (exact) mass is 231 g/mol. The molecule has 2 rings (SSSR count). The van der Waals surface area contributed by atoms with E-state index in [0.29, 0.717) is 0 Å². The number of nitrogens with one attached hydrogen (secondary N) is 1. The number of hydrogen-bond donors (Lipinski definition) is 1. The quantitative estimate of drug-likeness (QED) is 0.786. The van der Waals surface area contributed by atoms with E-state index < -0.39 is 0 Å². The molecule has 1 aromatic carbocycles. The summed E-state index contributed by atoms with van der Waals surface area (Å²) in [5.74, 6) is 1.68. The fraction of sp³-hybridized carbons (Fsp3) is 0.625. The molecule has 1 heteroatoms. The molecule has 1 aliphatic carbocycles. The van der Waals surface area contributed by atoms with Gasteiger partial charge < -0.3 is 5.32 Å². The molecular weight excluding hydrogens is 206 g/mol. The zero-order chi connectivity index (χ0) is 12.1. The van der Waals surface area contributed by atoms with Crippen LogP contribution < -0.4 is 5.32 Å². The van der Waals surface area contributed by atoms with Crippen LogP contribution in [0, 0.1) is 5.92 Å². The van der Waals surface area contributed by atoms with Gasteiger partial charge in [-0.25, -0.2) is 0 Å². The lowest BCUT2D eigenvalue weighted by atomic mass is 9.70. The van der Waals surface area contributed by atoms with E-state index in [-0.39, 0.29) is 0 Å². The molecule has 0 aliphatic heterocycles. The van der Waals surface area contributed by atoms with Crippen LogP contribution in [-0.4, -0.2) is 13.1 Å². The molecule has 0 aromatic heterocycles. The highest BCUT2D eigenvalue weighted by molar-refractivity contribution is 5.27. The standard InChI is InChI=1S/C16H25N/c1-3-5-13-6-8-14(9-7-13)16-11-10-15(16)12-17-4-2/h6-9,15-17H,3-5,10-12H2,1-2H3. The average molecular weight is 231 g/mol. The Hall–Kier alpha value is -0.820. The van der Waals surface area contributed by atoms with Crippen LogP contribution in [0.5, 0.6) is 0 Å². The SMILES string of the molecule is CCCc1ccc(C2CCC2CNCC)cc1. The van der Waals surface area contributed by atoms with Gasteiger partial charge >= 0.3 is 0 Å². The highest BCUT2D eigenvalue weighted by atomic mass is 14.9. The molecule has 0 spiro atoms. The Kier molecular flexibility index (Phi) is 4.61. The van der Waals surface area contributed by atoms with Crippen molar-refractivity contribution in [2.75, 3.05) is 13.1 Å². The third-order valence-corrected chi connectivity index (χ3v) is 4.02. The van der Waals surface area contributed by atoms with E-state index >= 15 is 0 Å². The fourth-order valence-corrected chi connectivity index (χ4v) is 2.80. The summed E-state index contributed by atoms with van der Waals surface area (Å²) < 4.78 is 0. The van der Waals surface area contributed by atoms with Gasteiger partial charge in [0.15, 0.2) is 0 Å². The Morgan fingerprint density at radius 1 is 1.12 bits per heavy atom. The van der Waals surface area contributed by atoms with Gasteiger partial charge in [0, 0.05) is 0 Å². The summed E-state index contributed by atoms with van der Waals surface area (Å²) in [5.41, 5.74) is 3.04. The Balaban J connectivity index is 1.93. The first kappa shape index (κ1) is 12.6. The summed E-state index contributed by atoms with van der Waals surface area (Å²) in [6.45, 7) is 6.72. The molecule has 0 bridgehead atoms. The Morgan fingerprint density at radius 3 is 2.41 bits per heavy atom. The van der Waals surface area contributed by atoms with Crippen molar-refractivity contribution in [1.29, 1.82) is 0 Å². The molecule has 1 N–H and O–H groups in total. The van der Waals surface area contributed by atoms with E-state index in [1.54, 1.807) is 5.56 Å². The van der Waals surface area contributed by atoms with Gasteiger partial charge in [-0.05, 0) is 55.3 Å². The van der Waals surface area contributed by atoms with Gasteiger partial charge in [0.1, 0.15) is 0 Å². The van der Waals surface area contributed by atoms with E-state index in [2.05, 4.69) is 43.4 Å². The molecule has 1 nitrogen and oxygen atoms in total. The van der Waals surface area contributed by atoms with Crippen LogP contribution in [0.1, 0.15) is 50.2 Å². The lowest BCUT2D eigenvalue weighted by molar-refractivity contribution is 0.247. The number of benzene rings is 1. The van der Waals surface area contributed by atoms with Crippen molar-refractivity contribution >= 4 is 0 Å². The topological polar surface area (TPSA) is 12.0 Å². The van der Waals surface area contributed by atoms with E-state index in [1.165, 1.54) is 37.8 Å². The third kappa shape index (κ3) is 3.10. The molecule has 2 atom stereocenters. The Morgan fingerprint density at radius 2 is 1.88 bits per heavy atom. The van der Waals surface area contributed by atoms with Crippen LogP contribution in [-0.2, 0) is 6.42 Å². The van der Waals surface area contributed by atoms with Crippen molar-refractivity contribution in [2.45, 2.75) is 45.4 Å². The first-order chi connectivity index (χ1) is 8.35. The predicted molar refractivity (Wildman–Crippen MR) is 74.4 cm³/mol. The molecule has 0 radical (unpaired) electrons. The Bertz CT molecular complexity index is 328. The van der Waals surface area contributed by atoms with E-state index in [1.807, 2.05) is 0 Å². The molecule has 0 saturated heterocycles. The molecule has 17 heavy (non-hydrogen) atoms. The summed E-state index contributed by atoms with van der Waals surface area (Å²) >= 11 is 0. The predicted octanol–water partition coefficient (Wildman–Crippen LogP) is 3.74. The first-order valence-corrected chi connectivity index (χ1v) is 7.14. The molecule has 1 aromatic rings. The molecule has 1 saturated carbocycles. The minimum Gasteiger partial charge on any atom is -0.317 e. The van der Waals surface area contributed by atoms with E-state index in [0.717, 1.165) is 18.4 Å². The molecule has 0 heterocycles. The van der Waals surface area contributed by atoms with Crippen LogP contribution >= 0.6 is 0 Å². The molecular formula is C16H25N. The van der Waals surface area contributed by atoms with Gasteiger partial charge in [0.2, 0.25) is 0 Å². The van der Waals surface area contributed by atoms with Gasteiger partial charge in [-0.3, -0.25) is 0 Å². The van der Waals surface area contributed by atoms with Crippen molar-refractivity contribution in [3.05, 3.63) is 35.4 Å².